The minimum Gasteiger partial charge on any atom is -0.354 e. The lowest BCUT2D eigenvalue weighted by atomic mass is 10.1. The van der Waals surface area contributed by atoms with Gasteiger partial charge in [-0.05, 0) is 22.3 Å². The van der Waals surface area contributed by atoms with Gasteiger partial charge < -0.3 is 21.3 Å². The topological polar surface area (TPSA) is 129 Å². The molecule has 0 aliphatic carbocycles. The fourth-order valence-corrected chi connectivity index (χ4v) is 6.01. The molecular weight excluding hydrogens is 560 g/mol. The van der Waals surface area contributed by atoms with Crippen molar-refractivity contribution >= 4 is 23.6 Å². The second kappa shape index (κ2) is 15.8. The molecule has 2 saturated heterocycles. The second-order valence-corrected chi connectivity index (χ2v) is 11.9. The molecule has 8 bridgehead atoms. The fourth-order valence-electron chi connectivity index (χ4n) is 6.01. The monoisotopic (exact) mass is 604 g/mol. The molecule has 12 nitrogen and oxygen atoms in total. The molecule has 4 N–H and O–H groups in total. The predicted molar refractivity (Wildman–Crippen MR) is 166 cm³/mol. The summed E-state index contributed by atoms with van der Waals surface area (Å²) in [6, 6.07) is 16.3. The van der Waals surface area contributed by atoms with E-state index in [0.29, 0.717) is 78.5 Å². The first-order chi connectivity index (χ1) is 21.4. The van der Waals surface area contributed by atoms with Crippen LogP contribution in [0.25, 0.3) is 0 Å². The van der Waals surface area contributed by atoms with Crippen molar-refractivity contribution in [3.63, 3.8) is 0 Å². The van der Waals surface area contributed by atoms with Crippen LogP contribution in [0.15, 0.2) is 48.5 Å². The summed E-state index contributed by atoms with van der Waals surface area (Å²) >= 11 is 0. The van der Waals surface area contributed by atoms with E-state index in [-0.39, 0.29) is 49.8 Å². The molecular formula is C32H44N8O4. The van der Waals surface area contributed by atoms with Gasteiger partial charge in [-0.15, -0.1) is 0 Å². The largest absolute Gasteiger partial charge is 0.354 e. The first-order valence-corrected chi connectivity index (χ1v) is 15.5. The number of carbonyl (C=O) groups excluding carboxylic acids is 4. The summed E-state index contributed by atoms with van der Waals surface area (Å²) in [5.41, 5.74) is 4.18. The van der Waals surface area contributed by atoms with Gasteiger partial charge in [-0.1, -0.05) is 48.5 Å². The number of hydrogen-bond acceptors (Lipinski definition) is 8. The Hall–Kier alpha value is -3.84. The summed E-state index contributed by atoms with van der Waals surface area (Å²) in [6.45, 7) is 7.34. The Labute approximate surface area is 259 Å². The summed E-state index contributed by atoms with van der Waals surface area (Å²) in [6.07, 6.45) is 0. The maximum atomic E-state index is 12.9. The average Bonchev–Trinajstić information content (AvgIpc) is 2.95. The zero-order valence-corrected chi connectivity index (χ0v) is 25.4. The van der Waals surface area contributed by atoms with E-state index >= 15 is 0 Å². The molecule has 2 aromatic rings. The molecule has 0 atom stereocenters. The molecule has 6 aliphatic rings. The highest BCUT2D eigenvalue weighted by Gasteiger charge is 2.20. The van der Waals surface area contributed by atoms with Gasteiger partial charge >= 0.3 is 0 Å². The van der Waals surface area contributed by atoms with Crippen LogP contribution < -0.4 is 21.3 Å². The van der Waals surface area contributed by atoms with Crippen LogP contribution in [0.1, 0.15) is 22.3 Å². The quantitative estimate of drug-likeness (QED) is 0.305. The lowest BCUT2D eigenvalue weighted by molar-refractivity contribution is -0.127. The van der Waals surface area contributed by atoms with E-state index in [9.17, 15) is 19.2 Å². The van der Waals surface area contributed by atoms with Gasteiger partial charge in [0.15, 0.2) is 0 Å². The molecule has 0 saturated carbocycles. The molecule has 6 heterocycles. The van der Waals surface area contributed by atoms with Crippen LogP contribution in [0, 0.1) is 0 Å². The van der Waals surface area contributed by atoms with Crippen molar-refractivity contribution in [3.05, 3.63) is 70.8 Å². The predicted octanol–water partition coefficient (Wildman–Crippen LogP) is -0.900. The number of carbonyl (C=O) groups is 4. The van der Waals surface area contributed by atoms with Crippen LogP contribution in [-0.2, 0) is 45.4 Å². The van der Waals surface area contributed by atoms with Crippen molar-refractivity contribution in [3.8, 4) is 0 Å². The maximum Gasteiger partial charge on any atom is 0.234 e. The van der Waals surface area contributed by atoms with E-state index in [0.717, 1.165) is 22.3 Å². The average molecular weight is 605 g/mol. The third-order valence-electron chi connectivity index (χ3n) is 8.08. The van der Waals surface area contributed by atoms with Gasteiger partial charge in [0, 0.05) is 78.5 Å². The Morgan fingerprint density at radius 3 is 0.955 bits per heavy atom. The Balaban J connectivity index is 1.44. The number of nitrogens with one attached hydrogen (secondary N) is 4. The summed E-state index contributed by atoms with van der Waals surface area (Å²) in [5.74, 6) is -0.486. The van der Waals surface area contributed by atoms with Gasteiger partial charge in [0.05, 0.1) is 26.2 Å². The number of nitrogens with zero attached hydrogens (tertiary/aromatic N) is 4. The summed E-state index contributed by atoms with van der Waals surface area (Å²) in [7, 11) is 0. The summed E-state index contributed by atoms with van der Waals surface area (Å²) in [4.78, 5) is 59.8. The van der Waals surface area contributed by atoms with Crippen LogP contribution in [0.4, 0.5) is 0 Å². The zero-order chi connectivity index (χ0) is 30.7. The van der Waals surface area contributed by atoms with E-state index in [1.165, 1.54) is 0 Å². The van der Waals surface area contributed by atoms with E-state index in [4.69, 9.17) is 0 Å². The first kappa shape index (κ1) is 31.6. The SMILES string of the molecule is O=C1CN2CC(=O)NCCN(CCN1)Cc1cccc(c1)CN1CCNC(=O)CN(CC(=O)NCC1)Cc1cccc(c1)C2. The number of hydrogen-bond donors (Lipinski definition) is 4. The van der Waals surface area contributed by atoms with Gasteiger partial charge in [0.25, 0.3) is 0 Å². The van der Waals surface area contributed by atoms with Crippen LogP contribution >= 0.6 is 0 Å². The highest BCUT2D eigenvalue weighted by Crippen LogP contribution is 2.13. The lowest BCUT2D eigenvalue weighted by Gasteiger charge is -2.28. The van der Waals surface area contributed by atoms with Crippen LogP contribution in [0.2, 0.25) is 0 Å². The molecule has 2 aromatic carbocycles. The molecule has 6 aliphatic heterocycles. The Kier molecular flexibility index (Phi) is 11.3. The minimum atomic E-state index is -0.122. The van der Waals surface area contributed by atoms with E-state index in [1.807, 2.05) is 40.1 Å². The van der Waals surface area contributed by atoms with Gasteiger partial charge in [-0.25, -0.2) is 0 Å². The standard InChI is InChI=1S/C32H44N8O4/c41-29-21-39-19-27-5-2-6-28(16-27)20-40-23-31(43)35-9-13-38(14-10-36-32(44)24-40)18-26-4-1-3-25(15-26)17-37(11-7-33-29)12-8-34-30(42)22-39/h1-6,15-16H,7-14,17-24H2,(H,33,41)(H,34,42)(H,35,43)(H,36,44). The molecule has 0 spiro atoms. The molecule has 12 heteroatoms. The molecule has 2 fully saturated rings. The molecule has 8 rings (SSSR count). The summed E-state index contributed by atoms with van der Waals surface area (Å²) < 4.78 is 0. The van der Waals surface area contributed by atoms with Crippen LogP contribution in [-0.4, -0.2) is 122 Å². The highest BCUT2D eigenvalue weighted by molar-refractivity contribution is 5.82. The second-order valence-electron chi connectivity index (χ2n) is 11.9. The third kappa shape index (κ3) is 10.1. The highest BCUT2D eigenvalue weighted by atomic mass is 16.2. The van der Waals surface area contributed by atoms with E-state index in [2.05, 4.69) is 49.3 Å². The zero-order valence-electron chi connectivity index (χ0n) is 25.4. The third-order valence-corrected chi connectivity index (χ3v) is 8.08. The maximum absolute atomic E-state index is 12.9. The first-order valence-electron chi connectivity index (χ1n) is 15.5. The lowest BCUT2D eigenvalue weighted by Crippen LogP contribution is -2.47. The number of benzene rings is 2. The minimum absolute atomic E-state index is 0.0999. The van der Waals surface area contributed by atoms with Crippen LogP contribution in [0.3, 0.4) is 0 Å². The van der Waals surface area contributed by atoms with E-state index in [1.54, 1.807) is 0 Å². The molecule has 0 radical (unpaired) electrons. The van der Waals surface area contributed by atoms with Gasteiger partial charge in [0.1, 0.15) is 0 Å². The van der Waals surface area contributed by atoms with Crippen molar-refractivity contribution in [2.45, 2.75) is 26.2 Å². The smallest absolute Gasteiger partial charge is 0.234 e. The number of amides is 4. The van der Waals surface area contributed by atoms with Crippen molar-refractivity contribution in [1.82, 2.24) is 40.9 Å². The Morgan fingerprint density at radius 2 is 0.659 bits per heavy atom. The van der Waals surface area contributed by atoms with Crippen LogP contribution in [0.5, 0.6) is 0 Å². The number of rotatable bonds is 0. The molecule has 44 heavy (non-hydrogen) atoms. The van der Waals surface area contributed by atoms with E-state index < -0.39 is 0 Å². The van der Waals surface area contributed by atoms with Gasteiger partial charge in [0.2, 0.25) is 23.6 Å². The summed E-state index contributed by atoms with van der Waals surface area (Å²) in [5, 5.41) is 12.2. The molecule has 4 amide bonds. The fraction of sp³-hybridized carbons (Fsp3) is 0.500. The molecule has 0 unspecified atom stereocenters. The van der Waals surface area contributed by atoms with Gasteiger partial charge in [-0.2, -0.15) is 0 Å². The van der Waals surface area contributed by atoms with Crippen molar-refractivity contribution in [2.75, 3.05) is 78.5 Å². The van der Waals surface area contributed by atoms with Crippen molar-refractivity contribution < 1.29 is 19.2 Å². The normalized spacial score (nSPS) is 26.5. The Bertz CT molecular complexity index is 1180. The van der Waals surface area contributed by atoms with Crippen molar-refractivity contribution in [2.24, 2.45) is 0 Å². The molecule has 0 aromatic heterocycles. The van der Waals surface area contributed by atoms with Crippen molar-refractivity contribution in [1.29, 1.82) is 0 Å². The Morgan fingerprint density at radius 1 is 0.386 bits per heavy atom. The molecule has 236 valence electrons. The van der Waals surface area contributed by atoms with Gasteiger partial charge in [-0.3, -0.25) is 38.8 Å².